The van der Waals surface area contributed by atoms with Crippen LogP contribution in [-0.2, 0) is 14.4 Å². The van der Waals surface area contributed by atoms with Crippen LogP contribution in [0.5, 0.6) is 23.0 Å². The summed E-state index contributed by atoms with van der Waals surface area (Å²) in [4.78, 5) is 46.3. The molecule has 0 aliphatic rings. The lowest BCUT2D eigenvalue weighted by Crippen LogP contribution is -2.35. The summed E-state index contributed by atoms with van der Waals surface area (Å²) in [5.41, 5.74) is 18.1. The van der Waals surface area contributed by atoms with Crippen molar-refractivity contribution in [2.75, 3.05) is 40.8 Å². The van der Waals surface area contributed by atoms with Gasteiger partial charge in [-0.25, -0.2) is 0 Å². The molecule has 0 aromatic heterocycles. The summed E-state index contributed by atoms with van der Waals surface area (Å²) in [6.07, 6.45) is 5.19. The van der Waals surface area contributed by atoms with Gasteiger partial charge in [0, 0.05) is 29.3 Å². The van der Waals surface area contributed by atoms with Crippen LogP contribution in [0.4, 0.5) is 0 Å². The third-order valence-electron chi connectivity index (χ3n) is 6.12. The minimum atomic E-state index is -1.26. The van der Waals surface area contributed by atoms with Crippen LogP contribution >= 0.6 is 0 Å². The maximum atomic E-state index is 13.3. The average Bonchev–Trinajstić information content (AvgIpc) is 3.02. The van der Waals surface area contributed by atoms with Gasteiger partial charge in [-0.05, 0) is 72.5 Å². The Labute approximate surface area is 248 Å². The lowest BCUT2D eigenvalue weighted by molar-refractivity contribution is -0.137. The highest BCUT2D eigenvalue weighted by Crippen LogP contribution is 2.30. The number of hydrogen-bond donors (Lipinski definition) is 0. The normalized spacial score (nSPS) is 11.3. The zero-order chi connectivity index (χ0) is 31.6. The van der Waals surface area contributed by atoms with E-state index in [1.165, 1.54) is 44.6 Å². The van der Waals surface area contributed by atoms with E-state index < -0.39 is 17.5 Å². The number of benzene rings is 2. The molecule has 0 saturated carbocycles. The van der Waals surface area contributed by atoms with Crippen molar-refractivity contribution < 1.29 is 33.3 Å². The molecule has 1 atom stereocenters. The Morgan fingerprint density at radius 3 is 1.77 bits per heavy atom. The minimum absolute atomic E-state index is 0.164. The summed E-state index contributed by atoms with van der Waals surface area (Å²) in [5, 5.41) is 6.62. The number of ether oxygens (including phenoxy) is 4. The number of methoxy groups -OCH3 is 2. The number of allylic oxidation sites excluding steroid dienone is 2. The second kappa shape index (κ2) is 18.1. The molecule has 0 fully saturated rings. The molecule has 0 bridgehead atoms. The number of ketones is 2. The van der Waals surface area contributed by atoms with E-state index in [1.807, 2.05) is 13.8 Å². The number of carbonyl (C=O) groups excluding carboxylic acids is 3. The van der Waals surface area contributed by atoms with Gasteiger partial charge in [-0.2, -0.15) is 0 Å². The molecule has 0 spiro atoms. The van der Waals surface area contributed by atoms with Gasteiger partial charge in [-0.1, -0.05) is 34.5 Å². The van der Waals surface area contributed by atoms with Crippen LogP contribution in [0.1, 0.15) is 31.4 Å². The molecule has 1 unspecified atom stereocenters. The van der Waals surface area contributed by atoms with Crippen molar-refractivity contribution in [2.45, 2.75) is 20.3 Å². The molecule has 0 N–H and O–H groups in total. The summed E-state index contributed by atoms with van der Waals surface area (Å²) >= 11 is 0. The Balaban J connectivity index is 2.35. The smallest absolute Gasteiger partial charge is 0.223 e. The fourth-order valence-electron chi connectivity index (χ4n) is 3.88. The molecular weight excluding hydrogens is 558 g/mol. The summed E-state index contributed by atoms with van der Waals surface area (Å²) in [5.74, 6) is -1.31. The molecule has 0 aliphatic heterocycles. The van der Waals surface area contributed by atoms with Crippen molar-refractivity contribution in [1.82, 2.24) is 4.90 Å². The lowest BCUT2D eigenvalue weighted by Gasteiger charge is -2.20. The maximum Gasteiger partial charge on any atom is 0.223 e. The van der Waals surface area contributed by atoms with E-state index in [0.29, 0.717) is 35.7 Å². The van der Waals surface area contributed by atoms with Gasteiger partial charge in [-0.15, -0.1) is 0 Å². The van der Waals surface area contributed by atoms with Crippen LogP contribution in [0.25, 0.3) is 33.0 Å². The first kappa shape index (κ1) is 33.8. The zero-order valence-electron chi connectivity index (χ0n) is 24.4. The van der Waals surface area contributed by atoms with E-state index in [9.17, 15) is 14.4 Å². The van der Waals surface area contributed by atoms with Gasteiger partial charge in [0.25, 0.3) is 0 Å². The maximum absolute atomic E-state index is 13.3. The highest BCUT2D eigenvalue weighted by Gasteiger charge is 2.27. The van der Waals surface area contributed by atoms with Gasteiger partial charge < -0.3 is 23.8 Å². The third kappa shape index (κ3) is 10.5. The molecule has 2 aromatic carbocycles. The fourth-order valence-corrected chi connectivity index (χ4v) is 3.88. The second-order valence-electron chi connectivity index (χ2n) is 8.62. The third-order valence-corrected chi connectivity index (χ3v) is 6.12. The standard InChI is InChI=1S/C29H33N7O7/c1-5-36(6-2)29(39)17-22(23(37)11-7-20-9-13-25(40-3)27(15-20)41-4)24(38)12-8-21-10-14-26(42-18-32-34-30)28(16-21)43-19-33-35-31/h7-16,22H,5-6,17-19H2,1-4H3/b11-7+,12-8+. The van der Waals surface area contributed by atoms with Crippen LogP contribution in [0.15, 0.2) is 58.8 Å². The van der Waals surface area contributed by atoms with Gasteiger partial charge >= 0.3 is 0 Å². The first-order valence-electron chi connectivity index (χ1n) is 13.2. The van der Waals surface area contributed by atoms with E-state index in [2.05, 4.69) is 20.1 Å². The van der Waals surface area contributed by atoms with Crippen molar-refractivity contribution in [2.24, 2.45) is 16.1 Å². The Kier molecular flexibility index (Phi) is 14.2. The number of azide groups is 2. The van der Waals surface area contributed by atoms with E-state index in [-0.39, 0.29) is 37.3 Å². The second-order valence-corrected chi connectivity index (χ2v) is 8.62. The van der Waals surface area contributed by atoms with Gasteiger partial charge in [0.05, 0.1) is 20.1 Å². The molecule has 14 nitrogen and oxygen atoms in total. The van der Waals surface area contributed by atoms with Crippen molar-refractivity contribution in [3.63, 3.8) is 0 Å². The summed E-state index contributed by atoms with van der Waals surface area (Å²) in [6, 6.07) is 9.73. The molecule has 2 aromatic rings. The highest BCUT2D eigenvalue weighted by atomic mass is 16.5. The van der Waals surface area contributed by atoms with E-state index >= 15 is 0 Å². The molecule has 14 heteroatoms. The molecule has 0 heterocycles. The Morgan fingerprint density at radius 1 is 0.791 bits per heavy atom. The van der Waals surface area contributed by atoms with Gasteiger partial charge in [0.2, 0.25) is 5.91 Å². The molecule has 0 saturated heterocycles. The minimum Gasteiger partial charge on any atom is -0.493 e. The Hall–Kier alpha value is -5.45. The number of rotatable bonds is 18. The van der Waals surface area contributed by atoms with Crippen molar-refractivity contribution >= 4 is 29.6 Å². The molecular formula is C29H33N7O7. The van der Waals surface area contributed by atoms with Crippen LogP contribution in [-0.4, -0.2) is 63.1 Å². The monoisotopic (exact) mass is 591 g/mol. The zero-order valence-corrected chi connectivity index (χ0v) is 24.4. The molecule has 43 heavy (non-hydrogen) atoms. The predicted octanol–water partition coefficient (Wildman–Crippen LogP) is 5.74. The van der Waals surface area contributed by atoms with Gasteiger partial charge in [-0.3, -0.25) is 14.4 Å². The highest BCUT2D eigenvalue weighted by molar-refractivity contribution is 6.15. The predicted molar refractivity (Wildman–Crippen MR) is 159 cm³/mol. The number of hydrogen-bond acceptors (Lipinski definition) is 9. The van der Waals surface area contributed by atoms with Crippen molar-refractivity contribution in [1.29, 1.82) is 0 Å². The molecule has 0 aliphatic carbocycles. The molecule has 226 valence electrons. The number of amides is 1. The molecule has 2 rings (SSSR count). The largest absolute Gasteiger partial charge is 0.493 e. The Bertz CT molecular complexity index is 1440. The van der Waals surface area contributed by atoms with Crippen molar-refractivity contribution in [3.05, 3.63) is 80.6 Å². The average molecular weight is 592 g/mol. The number of nitrogens with zero attached hydrogens (tertiary/aromatic N) is 7. The topological polar surface area (TPSA) is 189 Å². The van der Waals surface area contributed by atoms with Gasteiger partial charge in [0.15, 0.2) is 48.0 Å². The first-order chi connectivity index (χ1) is 20.8. The van der Waals surface area contributed by atoms with Gasteiger partial charge in [0.1, 0.15) is 0 Å². The first-order valence-corrected chi connectivity index (χ1v) is 13.2. The molecule has 0 radical (unpaired) electrons. The van der Waals surface area contributed by atoms with E-state index in [1.54, 1.807) is 35.2 Å². The Morgan fingerprint density at radius 2 is 1.28 bits per heavy atom. The summed E-state index contributed by atoms with van der Waals surface area (Å²) in [6.45, 7) is 3.88. The van der Waals surface area contributed by atoms with Crippen molar-refractivity contribution in [3.8, 4) is 23.0 Å². The van der Waals surface area contributed by atoms with Crippen LogP contribution in [0, 0.1) is 5.92 Å². The summed E-state index contributed by atoms with van der Waals surface area (Å²) in [7, 11) is 3.01. The lowest BCUT2D eigenvalue weighted by atomic mass is 9.92. The van der Waals surface area contributed by atoms with Crippen LogP contribution in [0.2, 0.25) is 0 Å². The summed E-state index contributed by atoms with van der Waals surface area (Å²) < 4.78 is 21.3. The van der Waals surface area contributed by atoms with Crippen LogP contribution in [0.3, 0.4) is 0 Å². The van der Waals surface area contributed by atoms with E-state index in [4.69, 9.17) is 30.0 Å². The molecule has 1 amide bonds. The SMILES string of the molecule is CCN(CC)C(=O)CC(C(=O)/C=C/c1ccc(OC)c(OC)c1)C(=O)/C=C/c1ccc(OCN=[N+]=[N-])c(OCN=[N+]=[N-])c1. The van der Waals surface area contributed by atoms with Crippen LogP contribution < -0.4 is 18.9 Å². The van der Waals surface area contributed by atoms with E-state index in [0.717, 1.165) is 0 Å². The quantitative estimate of drug-likeness (QED) is 0.0694. The fraction of sp³-hybridized carbons (Fsp3) is 0.345. The number of carbonyl (C=O) groups is 3.